The van der Waals surface area contributed by atoms with Crippen molar-refractivity contribution in [3.63, 3.8) is 0 Å². The molecule has 2 aliphatic rings. The van der Waals surface area contributed by atoms with E-state index in [0.717, 1.165) is 30.5 Å². The van der Waals surface area contributed by atoms with Gasteiger partial charge in [0.15, 0.2) is 0 Å². The third kappa shape index (κ3) is 3.92. The smallest absolute Gasteiger partial charge is 0.303 e. The van der Waals surface area contributed by atoms with E-state index in [1.165, 1.54) is 0 Å². The Morgan fingerprint density at radius 3 is 2.70 bits per heavy atom. The number of fused-ring (bicyclic) bond motifs is 2. The van der Waals surface area contributed by atoms with Gasteiger partial charge in [0, 0.05) is 43.0 Å². The summed E-state index contributed by atoms with van der Waals surface area (Å²) in [4.78, 5) is 42.2. The van der Waals surface area contributed by atoms with E-state index in [2.05, 4.69) is 10.3 Å². The number of nitrogens with zero attached hydrogens (tertiary/aromatic N) is 2. The summed E-state index contributed by atoms with van der Waals surface area (Å²) in [5, 5.41) is 11.7. The van der Waals surface area contributed by atoms with Crippen molar-refractivity contribution in [2.45, 2.75) is 44.1 Å². The molecular weight excluding hydrogens is 382 g/mol. The summed E-state index contributed by atoms with van der Waals surface area (Å²) in [5.74, 6) is -0.927. The number of carboxylic acids is 1. The summed E-state index contributed by atoms with van der Waals surface area (Å²) < 4.78 is 0. The van der Waals surface area contributed by atoms with Gasteiger partial charge in [0.05, 0.1) is 12.0 Å². The van der Waals surface area contributed by atoms with Crippen molar-refractivity contribution in [3.05, 3.63) is 59.9 Å². The molecule has 0 radical (unpaired) electrons. The summed E-state index contributed by atoms with van der Waals surface area (Å²) in [5.41, 5.74) is 2.51. The molecule has 3 unspecified atom stereocenters. The van der Waals surface area contributed by atoms with Gasteiger partial charge < -0.3 is 15.3 Å². The van der Waals surface area contributed by atoms with E-state index >= 15 is 0 Å². The van der Waals surface area contributed by atoms with E-state index in [-0.39, 0.29) is 42.5 Å². The minimum atomic E-state index is -0.978. The summed E-state index contributed by atoms with van der Waals surface area (Å²) in [6.45, 7) is 0.450. The first-order valence-electron chi connectivity index (χ1n) is 10.4. The Hall–Kier alpha value is -3.22. The normalized spacial score (nSPS) is 22.1. The van der Waals surface area contributed by atoms with E-state index in [1.807, 2.05) is 29.2 Å². The lowest BCUT2D eigenvalue weighted by Crippen LogP contribution is -2.49. The van der Waals surface area contributed by atoms with Gasteiger partial charge in [-0.05, 0) is 42.5 Å². The summed E-state index contributed by atoms with van der Waals surface area (Å²) in [6, 6.07) is 11.5. The van der Waals surface area contributed by atoms with Crippen LogP contribution in [0.5, 0.6) is 0 Å². The molecular formula is C23H25N3O4. The highest BCUT2D eigenvalue weighted by atomic mass is 16.4. The van der Waals surface area contributed by atoms with Crippen molar-refractivity contribution in [2.24, 2.45) is 5.92 Å². The van der Waals surface area contributed by atoms with Crippen molar-refractivity contribution in [2.75, 3.05) is 11.4 Å². The number of carbonyl (C=O) groups is 3. The number of amides is 2. The van der Waals surface area contributed by atoms with Gasteiger partial charge in [-0.15, -0.1) is 0 Å². The van der Waals surface area contributed by atoms with Crippen molar-refractivity contribution in [1.82, 2.24) is 10.3 Å². The lowest BCUT2D eigenvalue weighted by Gasteiger charge is -2.44. The number of hydrogen-bond donors (Lipinski definition) is 2. The molecule has 1 aliphatic carbocycles. The lowest BCUT2D eigenvalue weighted by atomic mass is 9.77. The Labute approximate surface area is 175 Å². The van der Waals surface area contributed by atoms with Crippen LogP contribution in [0.1, 0.15) is 53.9 Å². The van der Waals surface area contributed by atoms with Crippen LogP contribution in [0.3, 0.4) is 0 Å². The summed E-state index contributed by atoms with van der Waals surface area (Å²) in [7, 11) is 0. The van der Waals surface area contributed by atoms with Gasteiger partial charge in [0.2, 0.25) is 5.91 Å². The van der Waals surface area contributed by atoms with Crippen molar-refractivity contribution < 1.29 is 19.5 Å². The van der Waals surface area contributed by atoms with Crippen molar-refractivity contribution in [1.29, 1.82) is 0 Å². The Bertz CT molecular complexity index is 946. The van der Waals surface area contributed by atoms with Crippen LogP contribution in [0.2, 0.25) is 0 Å². The minimum Gasteiger partial charge on any atom is -0.481 e. The van der Waals surface area contributed by atoms with E-state index < -0.39 is 5.97 Å². The second-order valence-corrected chi connectivity index (χ2v) is 7.94. The monoisotopic (exact) mass is 407 g/mol. The quantitative estimate of drug-likeness (QED) is 0.767. The molecule has 30 heavy (non-hydrogen) atoms. The maximum absolute atomic E-state index is 13.4. The molecule has 1 aromatic heterocycles. The molecule has 0 saturated heterocycles. The number of rotatable bonds is 6. The fourth-order valence-electron chi connectivity index (χ4n) is 4.87. The third-order valence-corrected chi connectivity index (χ3v) is 6.19. The van der Waals surface area contributed by atoms with Crippen LogP contribution >= 0.6 is 0 Å². The van der Waals surface area contributed by atoms with E-state index in [4.69, 9.17) is 5.11 Å². The Kier molecular flexibility index (Phi) is 5.79. The Balaban J connectivity index is 1.61. The first-order chi connectivity index (χ1) is 14.6. The number of nitrogens with one attached hydrogen (secondary N) is 1. The van der Waals surface area contributed by atoms with Crippen LogP contribution in [0.15, 0.2) is 48.8 Å². The molecule has 2 N–H and O–H groups in total. The number of aliphatic carboxylic acids is 1. The number of benzene rings is 1. The second-order valence-electron chi connectivity index (χ2n) is 7.94. The molecule has 2 amide bonds. The molecule has 3 atom stereocenters. The average molecular weight is 407 g/mol. The van der Waals surface area contributed by atoms with Crippen LogP contribution in [-0.4, -0.2) is 40.5 Å². The number of pyridine rings is 1. The number of hydrogen-bond acceptors (Lipinski definition) is 4. The zero-order chi connectivity index (χ0) is 21.1. The van der Waals surface area contributed by atoms with Gasteiger partial charge in [-0.25, -0.2) is 0 Å². The van der Waals surface area contributed by atoms with Crippen LogP contribution in [0.25, 0.3) is 0 Å². The highest BCUT2D eigenvalue weighted by Crippen LogP contribution is 2.49. The fraction of sp³-hybridized carbons (Fsp3) is 0.391. The first-order valence-corrected chi connectivity index (χ1v) is 10.4. The maximum Gasteiger partial charge on any atom is 0.303 e. The van der Waals surface area contributed by atoms with Gasteiger partial charge >= 0.3 is 5.97 Å². The van der Waals surface area contributed by atoms with Gasteiger partial charge in [-0.2, -0.15) is 0 Å². The number of aromatic nitrogens is 1. The molecule has 4 rings (SSSR count). The van der Waals surface area contributed by atoms with Gasteiger partial charge in [-0.1, -0.05) is 24.6 Å². The maximum atomic E-state index is 13.4. The predicted molar refractivity (Wildman–Crippen MR) is 111 cm³/mol. The highest BCUT2D eigenvalue weighted by molar-refractivity contribution is 6.07. The predicted octanol–water partition coefficient (Wildman–Crippen LogP) is 2.98. The molecule has 1 saturated carbocycles. The molecule has 2 heterocycles. The molecule has 0 bridgehead atoms. The van der Waals surface area contributed by atoms with E-state index in [0.29, 0.717) is 12.1 Å². The molecule has 156 valence electrons. The van der Waals surface area contributed by atoms with Crippen molar-refractivity contribution in [3.8, 4) is 0 Å². The number of para-hydroxylation sites is 1. The van der Waals surface area contributed by atoms with Crippen LogP contribution in [0.4, 0.5) is 5.69 Å². The molecule has 7 heteroatoms. The molecule has 1 aromatic carbocycles. The minimum absolute atomic E-state index is 0.0244. The standard InChI is InChI=1S/C23H25N3O4/c27-21(10-11-22(28)29)25-14-18-16-6-1-2-8-19(16)26(20-9-3-7-17(18)20)23(30)15-5-4-12-24-13-15/h1-2,4-6,8,12-13,17-18,20H,3,7,9-11,14H2,(H,25,27)(H,28,29). The molecule has 7 nitrogen and oxygen atoms in total. The highest BCUT2D eigenvalue weighted by Gasteiger charge is 2.45. The van der Waals surface area contributed by atoms with Gasteiger partial charge in [0.25, 0.3) is 5.91 Å². The topological polar surface area (TPSA) is 99.6 Å². The largest absolute Gasteiger partial charge is 0.481 e. The molecule has 0 spiro atoms. The van der Waals surface area contributed by atoms with Gasteiger partial charge in [-0.3, -0.25) is 19.4 Å². The molecule has 2 aromatic rings. The second kappa shape index (κ2) is 8.65. The fourth-order valence-corrected chi connectivity index (χ4v) is 4.87. The zero-order valence-corrected chi connectivity index (χ0v) is 16.7. The number of carboxylic acid groups (broad SMARTS) is 1. The molecule has 1 aliphatic heterocycles. The van der Waals surface area contributed by atoms with E-state index in [9.17, 15) is 14.4 Å². The Morgan fingerprint density at radius 1 is 1.10 bits per heavy atom. The van der Waals surface area contributed by atoms with Crippen LogP contribution in [0, 0.1) is 5.92 Å². The van der Waals surface area contributed by atoms with Crippen molar-refractivity contribution >= 4 is 23.5 Å². The van der Waals surface area contributed by atoms with Gasteiger partial charge in [0.1, 0.15) is 0 Å². The van der Waals surface area contributed by atoms with E-state index in [1.54, 1.807) is 24.5 Å². The average Bonchev–Trinajstić information content (AvgIpc) is 3.24. The lowest BCUT2D eigenvalue weighted by molar-refractivity contribution is -0.138. The first kappa shape index (κ1) is 20.1. The third-order valence-electron chi connectivity index (χ3n) is 6.19. The van der Waals surface area contributed by atoms with Crippen LogP contribution < -0.4 is 10.2 Å². The Morgan fingerprint density at radius 2 is 1.93 bits per heavy atom. The van der Waals surface area contributed by atoms with Crippen LogP contribution in [-0.2, 0) is 9.59 Å². The zero-order valence-electron chi connectivity index (χ0n) is 16.7. The number of anilines is 1. The molecule has 1 fully saturated rings. The SMILES string of the molecule is O=C(O)CCC(=O)NCC1c2ccccc2N(C(=O)c2cccnc2)C2CCCC12. The number of carbonyl (C=O) groups excluding carboxylic acids is 2. The summed E-state index contributed by atoms with van der Waals surface area (Å²) in [6.07, 6.45) is 6.01. The summed E-state index contributed by atoms with van der Waals surface area (Å²) >= 11 is 0.